The fourth-order valence-corrected chi connectivity index (χ4v) is 4.70. The van der Waals surface area contributed by atoms with Gasteiger partial charge in [0.1, 0.15) is 0 Å². The fourth-order valence-electron chi connectivity index (χ4n) is 3.48. The summed E-state index contributed by atoms with van der Waals surface area (Å²) in [6.45, 7) is 5.03. The van der Waals surface area contributed by atoms with E-state index in [1.807, 2.05) is 11.8 Å². The van der Waals surface area contributed by atoms with Crippen LogP contribution < -0.4 is 5.32 Å². The van der Waals surface area contributed by atoms with Gasteiger partial charge in [-0.2, -0.15) is 0 Å². The molecule has 1 aromatic rings. The highest BCUT2D eigenvalue weighted by atomic mass is 32.1. The Balaban J connectivity index is 1.61. The van der Waals surface area contributed by atoms with Crippen LogP contribution in [0.15, 0.2) is 6.07 Å². The van der Waals surface area contributed by atoms with Crippen LogP contribution in [0.4, 0.5) is 4.79 Å². The van der Waals surface area contributed by atoms with Gasteiger partial charge in [0, 0.05) is 37.6 Å². The predicted molar refractivity (Wildman–Crippen MR) is 96.7 cm³/mol. The van der Waals surface area contributed by atoms with E-state index in [0.29, 0.717) is 32.7 Å². The van der Waals surface area contributed by atoms with Gasteiger partial charge in [0.15, 0.2) is 0 Å². The SMILES string of the molecule is CCNC(=O)N1CCN(C(=O)c2cc3c(s2)CCCCCC3)CC1. The molecular formula is C18H27N3O2S. The summed E-state index contributed by atoms with van der Waals surface area (Å²) in [4.78, 5) is 30.7. The number of nitrogens with one attached hydrogen (secondary N) is 1. The summed E-state index contributed by atoms with van der Waals surface area (Å²) in [7, 11) is 0. The lowest BCUT2D eigenvalue weighted by Crippen LogP contribution is -2.53. The first kappa shape index (κ1) is 17.3. The molecule has 24 heavy (non-hydrogen) atoms. The van der Waals surface area contributed by atoms with Crippen molar-refractivity contribution < 1.29 is 9.59 Å². The number of carbonyl (C=O) groups excluding carboxylic acids is 2. The van der Waals surface area contributed by atoms with Crippen LogP contribution >= 0.6 is 11.3 Å². The molecule has 2 heterocycles. The third-order valence-electron chi connectivity index (χ3n) is 4.89. The molecule has 0 radical (unpaired) electrons. The smallest absolute Gasteiger partial charge is 0.317 e. The van der Waals surface area contributed by atoms with Crippen molar-refractivity contribution in [3.05, 3.63) is 21.4 Å². The van der Waals surface area contributed by atoms with Crippen LogP contribution in [0.1, 0.15) is 52.7 Å². The van der Waals surface area contributed by atoms with Crippen LogP contribution in [0.2, 0.25) is 0 Å². The number of thiophene rings is 1. The molecule has 0 saturated carbocycles. The highest BCUT2D eigenvalue weighted by molar-refractivity contribution is 7.14. The van der Waals surface area contributed by atoms with E-state index in [-0.39, 0.29) is 11.9 Å². The molecule has 3 rings (SSSR count). The maximum Gasteiger partial charge on any atom is 0.317 e. The van der Waals surface area contributed by atoms with E-state index in [1.165, 1.54) is 36.1 Å². The van der Waals surface area contributed by atoms with E-state index in [4.69, 9.17) is 0 Å². The van der Waals surface area contributed by atoms with Gasteiger partial charge >= 0.3 is 6.03 Å². The van der Waals surface area contributed by atoms with Crippen LogP contribution in [-0.4, -0.2) is 54.5 Å². The summed E-state index contributed by atoms with van der Waals surface area (Å²) in [5.74, 6) is 0.141. The zero-order chi connectivity index (χ0) is 16.9. The van der Waals surface area contributed by atoms with Crippen molar-refractivity contribution in [2.75, 3.05) is 32.7 Å². The van der Waals surface area contributed by atoms with Crippen molar-refractivity contribution >= 4 is 23.3 Å². The van der Waals surface area contributed by atoms with Crippen molar-refractivity contribution in [3.63, 3.8) is 0 Å². The Hall–Kier alpha value is -1.56. The lowest BCUT2D eigenvalue weighted by molar-refractivity contribution is 0.0670. The van der Waals surface area contributed by atoms with Gasteiger partial charge in [0.25, 0.3) is 5.91 Å². The van der Waals surface area contributed by atoms with Gasteiger partial charge in [-0.1, -0.05) is 12.8 Å². The molecule has 132 valence electrons. The zero-order valence-electron chi connectivity index (χ0n) is 14.5. The highest BCUT2D eigenvalue weighted by Gasteiger charge is 2.26. The van der Waals surface area contributed by atoms with Gasteiger partial charge in [0.05, 0.1) is 4.88 Å². The maximum atomic E-state index is 12.8. The van der Waals surface area contributed by atoms with E-state index in [1.54, 1.807) is 16.2 Å². The molecule has 0 bridgehead atoms. The van der Waals surface area contributed by atoms with Crippen molar-refractivity contribution in [3.8, 4) is 0 Å². The van der Waals surface area contributed by atoms with Gasteiger partial charge in [-0.15, -0.1) is 11.3 Å². The Morgan fingerprint density at radius 3 is 2.42 bits per heavy atom. The van der Waals surface area contributed by atoms with Crippen molar-refractivity contribution in [1.29, 1.82) is 0 Å². The lowest BCUT2D eigenvalue weighted by Gasteiger charge is -2.34. The largest absolute Gasteiger partial charge is 0.338 e. The van der Waals surface area contributed by atoms with Crippen LogP contribution in [-0.2, 0) is 12.8 Å². The minimum atomic E-state index is -0.0244. The third kappa shape index (κ3) is 3.91. The van der Waals surface area contributed by atoms with Crippen LogP contribution in [0.3, 0.4) is 0 Å². The normalized spacial score (nSPS) is 18.5. The second-order valence-corrected chi connectivity index (χ2v) is 7.72. The molecule has 1 aliphatic carbocycles. The Labute approximate surface area is 148 Å². The van der Waals surface area contributed by atoms with Crippen LogP contribution in [0.25, 0.3) is 0 Å². The number of piperazine rings is 1. The summed E-state index contributed by atoms with van der Waals surface area (Å²) in [6, 6.07) is 2.10. The van der Waals surface area contributed by atoms with Crippen molar-refractivity contribution in [2.45, 2.75) is 45.4 Å². The molecule has 0 spiro atoms. The first-order valence-corrected chi connectivity index (χ1v) is 9.94. The number of nitrogens with zero attached hydrogens (tertiary/aromatic N) is 2. The Bertz CT molecular complexity index is 566. The summed E-state index contributed by atoms with van der Waals surface area (Å²) < 4.78 is 0. The van der Waals surface area contributed by atoms with E-state index < -0.39 is 0 Å². The molecule has 5 nitrogen and oxygen atoms in total. The summed E-state index contributed by atoms with van der Waals surface area (Å²) in [6.07, 6.45) is 7.33. The second kappa shape index (κ2) is 8.01. The molecule has 1 fully saturated rings. The Morgan fingerprint density at radius 2 is 1.71 bits per heavy atom. The predicted octanol–water partition coefficient (Wildman–Crippen LogP) is 2.89. The number of hydrogen-bond acceptors (Lipinski definition) is 3. The summed E-state index contributed by atoms with van der Waals surface area (Å²) >= 11 is 1.69. The Kier molecular flexibility index (Phi) is 5.76. The number of fused-ring (bicyclic) bond motifs is 1. The number of carbonyl (C=O) groups is 2. The van der Waals surface area contributed by atoms with E-state index in [2.05, 4.69) is 11.4 Å². The van der Waals surface area contributed by atoms with Gasteiger partial charge in [-0.25, -0.2) is 4.79 Å². The molecule has 3 amide bonds. The number of amides is 3. The first-order chi connectivity index (χ1) is 11.7. The minimum Gasteiger partial charge on any atom is -0.338 e. The number of hydrogen-bond donors (Lipinski definition) is 1. The summed E-state index contributed by atoms with van der Waals surface area (Å²) in [5, 5.41) is 2.82. The molecule has 1 saturated heterocycles. The van der Waals surface area contributed by atoms with Gasteiger partial charge in [-0.05, 0) is 44.2 Å². The molecule has 1 N–H and O–H groups in total. The molecule has 0 aromatic carbocycles. The number of aryl methyl sites for hydroxylation is 2. The molecular weight excluding hydrogens is 322 g/mol. The van der Waals surface area contributed by atoms with E-state index in [0.717, 1.165) is 17.7 Å². The molecule has 6 heteroatoms. The lowest BCUT2D eigenvalue weighted by atomic mass is 10.00. The van der Waals surface area contributed by atoms with Crippen molar-refractivity contribution in [2.24, 2.45) is 0 Å². The Morgan fingerprint density at radius 1 is 1.04 bits per heavy atom. The second-order valence-electron chi connectivity index (χ2n) is 6.59. The van der Waals surface area contributed by atoms with Crippen LogP contribution in [0.5, 0.6) is 0 Å². The molecule has 0 unspecified atom stereocenters. The maximum absolute atomic E-state index is 12.8. The minimum absolute atomic E-state index is 0.0244. The molecule has 2 aliphatic rings. The monoisotopic (exact) mass is 349 g/mol. The average molecular weight is 350 g/mol. The highest BCUT2D eigenvalue weighted by Crippen LogP contribution is 2.29. The standard InChI is InChI=1S/C18H27N3O2S/c1-2-19-18(23)21-11-9-20(10-12-21)17(22)16-13-14-7-5-3-4-6-8-15(14)24-16/h13H,2-12H2,1H3,(H,19,23). The van der Waals surface area contributed by atoms with Gasteiger partial charge < -0.3 is 15.1 Å². The molecule has 0 atom stereocenters. The third-order valence-corrected chi connectivity index (χ3v) is 6.11. The van der Waals surface area contributed by atoms with E-state index in [9.17, 15) is 9.59 Å². The fraction of sp³-hybridized carbons (Fsp3) is 0.667. The number of urea groups is 1. The molecule has 1 aromatic heterocycles. The van der Waals surface area contributed by atoms with Gasteiger partial charge in [0.2, 0.25) is 0 Å². The first-order valence-electron chi connectivity index (χ1n) is 9.12. The van der Waals surface area contributed by atoms with Crippen LogP contribution in [0, 0.1) is 0 Å². The zero-order valence-corrected chi connectivity index (χ0v) is 15.3. The van der Waals surface area contributed by atoms with Crippen molar-refractivity contribution in [1.82, 2.24) is 15.1 Å². The summed E-state index contributed by atoms with van der Waals surface area (Å²) in [5.41, 5.74) is 1.39. The quantitative estimate of drug-likeness (QED) is 0.892. The molecule has 1 aliphatic heterocycles. The van der Waals surface area contributed by atoms with Gasteiger partial charge in [-0.3, -0.25) is 4.79 Å². The average Bonchev–Trinajstić information content (AvgIpc) is 2.96. The van der Waals surface area contributed by atoms with E-state index >= 15 is 0 Å². The number of rotatable bonds is 2. The topological polar surface area (TPSA) is 52.7 Å².